The van der Waals surface area contributed by atoms with Gasteiger partial charge >= 0.3 is 0 Å². The van der Waals surface area contributed by atoms with E-state index in [9.17, 15) is 0 Å². The van der Waals surface area contributed by atoms with Crippen LogP contribution in [-0.4, -0.2) is 9.97 Å². The molecule has 2 aromatic rings. The molecule has 0 spiro atoms. The molecule has 1 heterocycles. The van der Waals surface area contributed by atoms with Gasteiger partial charge in [0.25, 0.3) is 0 Å². The number of nitrogens with zero attached hydrogens (tertiary/aromatic N) is 3. The molecule has 0 radical (unpaired) electrons. The van der Waals surface area contributed by atoms with Gasteiger partial charge in [-0.15, -0.1) is 0 Å². The summed E-state index contributed by atoms with van der Waals surface area (Å²) in [5.74, 6) is 0.988. The average molecular weight is 197 g/mol. The van der Waals surface area contributed by atoms with Crippen LogP contribution in [0.25, 0.3) is 0 Å². The highest BCUT2D eigenvalue weighted by atomic mass is 16.5. The standard InChI is InChI=1S/C11H7N3O/c12-6-9-7-13-8-11(14-9)15-10-4-2-1-3-5-10/h1-5,7-8H. The Balaban J connectivity index is 2.22. The Morgan fingerprint density at radius 1 is 1.13 bits per heavy atom. The molecule has 0 unspecified atom stereocenters. The summed E-state index contributed by atoms with van der Waals surface area (Å²) >= 11 is 0. The third-order valence-corrected chi connectivity index (χ3v) is 1.69. The van der Waals surface area contributed by atoms with Gasteiger partial charge in [-0.1, -0.05) is 18.2 Å². The van der Waals surface area contributed by atoms with Gasteiger partial charge in [0.05, 0.1) is 12.4 Å². The fourth-order valence-corrected chi connectivity index (χ4v) is 1.06. The Morgan fingerprint density at radius 3 is 2.67 bits per heavy atom. The van der Waals surface area contributed by atoms with Crippen molar-refractivity contribution in [1.29, 1.82) is 5.26 Å². The van der Waals surface area contributed by atoms with Crippen molar-refractivity contribution in [1.82, 2.24) is 9.97 Å². The quantitative estimate of drug-likeness (QED) is 0.740. The zero-order chi connectivity index (χ0) is 10.5. The lowest BCUT2D eigenvalue weighted by Gasteiger charge is -2.02. The molecule has 0 saturated heterocycles. The first-order valence-corrected chi connectivity index (χ1v) is 4.33. The Kier molecular flexibility index (Phi) is 2.56. The van der Waals surface area contributed by atoms with Crippen LogP contribution in [0.5, 0.6) is 11.6 Å². The molecular weight excluding hydrogens is 190 g/mol. The number of benzene rings is 1. The smallest absolute Gasteiger partial charge is 0.239 e. The highest BCUT2D eigenvalue weighted by Gasteiger charge is 1.99. The van der Waals surface area contributed by atoms with Crippen LogP contribution in [0.15, 0.2) is 42.7 Å². The highest BCUT2D eigenvalue weighted by molar-refractivity contribution is 5.27. The predicted molar refractivity (Wildman–Crippen MR) is 53.3 cm³/mol. The van der Waals surface area contributed by atoms with Gasteiger partial charge in [-0.25, -0.2) is 0 Å². The van der Waals surface area contributed by atoms with Gasteiger partial charge in [-0.05, 0) is 12.1 Å². The van der Waals surface area contributed by atoms with Crippen molar-refractivity contribution < 1.29 is 4.74 Å². The van der Waals surface area contributed by atoms with E-state index in [1.807, 2.05) is 24.3 Å². The second kappa shape index (κ2) is 4.20. The number of aromatic nitrogens is 2. The van der Waals surface area contributed by atoms with Gasteiger partial charge in [0.1, 0.15) is 11.8 Å². The van der Waals surface area contributed by atoms with E-state index < -0.39 is 0 Å². The molecule has 0 aliphatic rings. The minimum atomic E-state index is 0.239. The summed E-state index contributed by atoms with van der Waals surface area (Å²) in [4.78, 5) is 7.78. The summed E-state index contributed by atoms with van der Waals surface area (Å²) in [5, 5.41) is 8.62. The number of hydrogen-bond donors (Lipinski definition) is 0. The minimum Gasteiger partial charge on any atom is -0.437 e. The van der Waals surface area contributed by atoms with E-state index in [2.05, 4.69) is 9.97 Å². The molecule has 0 atom stereocenters. The van der Waals surface area contributed by atoms with Gasteiger partial charge in [0.2, 0.25) is 5.88 Å². The molecule has 0 aliphatic carbocycles. The van der Waals surface area contributed by atoms with E-state index in [-0.39, 0.29) is 5.69 Å². The summed E-state index contributed by atoms with van der Waals surface area (Å²) in [6, 6.07) is 11.1. The van der Waals surface area contributed by atoms with Crippen molar-refractivity contribution in [3.8, 4) is 17.7 Å². The normalized spacial score (nSPS) is 9.27. The maximum absolute atomic E-state index is 8.62. The fraction of sp³-hybridized carbons (Fsp3) is 0. The van der Waals surface area contributed by atoms with Gasteiger partial charge in [-0.2, -0.15) is 10.2 Å². The van der Waals surface area contributed by atoms with Crippen LogP contribution in [0.4, 0.5) is 0 Å². The topological polar surface area (TPSA) is 58.8 Å². The Bertz CT molecular complexity index is 491. The maximum atomic E-state index is 8.62. The summed E-state index contributed by atoms with van der Waals surface area (Å²) < 4.78 is 5.40. The lowest BCUT2D eigenvalue weighted by molar-refractivity contribution is 0.459. The van der Waals surface area contributed by atoms with E-state index in [1.165, 1.54) is 12.4 Å². The molecule has 0 aliphatic heterocycles. The molecule has 1 aromatic carbocycles. The zero-order valence-electron chi connectivity index (χ0n) is 7.79. The molecule has 15 heavy (non-hydrogen) atoms. The first kappa shape index (κ1) is 9.16. The van der Waals surface area contributed by atoms with Crippen molar-refractivity contribution in [2.45, 2.75) is 0 Å². The molecule has 1 aromatic heterocycles. The highest BCUT2D eigenvalue weighted by Crippen LogP contribution is 2.17. The molecule has 4 nitrogen and oxygen atoms in total. The monoisotopic (exact) mass is 197 g/mol. The number of hydrogen-bond acceptors (Lipinski definition) is 4. The van der Waals surface area contributed by atoms with Gasteiger partial charge in [0.15, 0.2) is 5.69 Å². The SMILES string of the molecule is N#Cc1cncc(Oc2ccccc2)n1. The van der Waals surface area contributed by atoms with E-state index >= 15 is 0 Å². The van der Waals surface area contributed by atoms with E-state index in [0.717, 1.165) is 0 Å². The zero-order valence-corrected chi connectivity index (χ0v) is 7.79. The molecule has 2 rings (SSSR count). The van der Waals surface area contributed by atoms with Crippen LogP contribution in [0, 0.1) is 11.3 Å². The van der Waals surface area contributed by atoms with Crippen molar-refractivity contribution in [3.63, 3.8) is 0 Å². The molecular formula is C11H7N3O. The van der Waals surface area contributed by atoms with Gasteiger partial charge in [-0.3, -0.25) is 4.98 Å². The minimum absolute atomic E-state index is 0.239. The molecule has 0 saturated carbocycles. The lowest BCUT2D eigenvalue weighted by Crippen LogP contribution is -1.91. The second-order valence-corrected chi connectivity index (χ2v) is 2.77. The molecule has 0 N–H and O–H groups in total. The van der Waals surface area contributed by atoms with Crippen LogP contribution < -0.4 is 4.74 Å². The van der Waals surface area contributed by atoms with Crippen molar-refractivity contribution in [3.05, 3.63) is 48.4 Å². The number of para-hydroxylation sites is 1. The second-order valence-electron chi connectivity index (χ2n) is 2.77. The number of rotatable bonds is 2. The third-order valence-electron chi connectivity index (χ3n) is 1.69. The summed E-state index contributed by atoms with van der Waals surface area (Å²) in [6.45, 7) is 0. The lowest BCUT2D eigenvalue weighted by atomic mass is 10.3. The molecule has 0 amide bonds. The first-order chi connectivity index (χ1) is 7.38. The summed E-state index contributed by atoms with van der Waals surface area (Å²) in [7, 11) is 0. The summed E-state index contributed by atoms with van der Waals surface area (Å²) in [5.41, 5.74) is 0.239. The average Bonchev–Trinajstić information content (AvgIpc) is 2.31. The molecule has 72 valence electrons. The van der Waals surface area contributed by atoms with Crippen molar-refractivity contribution in [2.75, 3.05) is 0 Å². The predicted octanol–water partition coefficient (Wildman–Crippen LogP) is 2.14. The van der Waals surface area contributed by atoms with Crippen molar-refractivity contribution >= 4 is 0 Å². The Labute approximate surface area is 86.8 Å². The van der Waals surface area contributed by atoms with Crippen molar-refractivity contribution in [2.24, 2.45) is 0 Å². The van der Waals surface area contributed by atoms with Crippen LogP contribution in [-0.2, 0) is 0 Å². The Morgan fingerprint density at radius 2 is 1.93 bits per heavy atom. The molecule has 0 bridgehead atoms. The van der Waals surface area contributed by atoms with E-state index in [0.29, 0.717) is 11.6 Å². The number of nitriles is 1. The first-order valence-electron chi connectivity index (χ1n) is 4.33. The third kappa shape index (κ3) is 2.29. The fourth-order valence-electron chi connectivity index (χ4n) is 1.06. The van der Waals surface area contributed by atoms with E-state index in [1.54, 1.807) is 12.1 Å². The Hall–Kier alpha value is -2.41. The molecule has 4 heteroatoms. The van der Waals surface area contributed by atoms with Gasteiger partial charge in [0, 0.05) is 0 Å². The van der Waals surface area contributed by atoms with Crippen LogP contribution >= 0.6 is 0 Å². The van der Waals surface area contributed by atoms with Crippen LogP contribution in [0.2, 0.25) is 0 Å². The van der Waals surface area contributed by atoms with Crippen LogP contribution in [0.3, 0.4) is 0 Å². The maximum Gasteiger partial charge on any atom is 0.239 e. The summed E-state index contributed by atoms with van der Waals surface area (Å²) in [6.07, 6.45) is 2.85. The van der Waals surface area contributed by atoms with Crippen LogP contribution in [0.1, 0.15) is 5.69 Å². The molecule has 0 fully saturated rings. The number of ether oxygens (including phenoxy) is 1. The largest absolute Gasteiger partial charge is 0.437 e. The van der Waals surface area contributed by atoms with E-state index in [4.69, 9.17) is 10.00 Å². The van der Waals surface area contributed by atoms with Gasteiger partial charge < -0.3 is 4.74 Å².